The lowest BCUT2D eigenvalue weighted by molar-refractivity contribution is -0.133. The Kier molecular flexibility index (Phi) is 6.40. The van der Waals surface area contributed by atoms with Crippen molar-refractivity contribution in [2.24, 2.45) is 7.05 Å². The number of piperazine rings is 1. The van der Waals surface area contributed by atoms with Crippen molar-refractivity contribution >= 4 is 23.2 Å². The maximum absolute atomic E-state index is 12.7. The summed E-state index contributed by atoms with van der Waals surface area (Å²) < 4.78 is 1.79. The summed E-state index contributed by atoms with van der Waals surface area (Å²) in [6, 6.07) is 8.59. The minimum atomic E-state index is 0.274. The topological polar surface area (TPSA) is 44.6 Å². The number of aromatic nitrogens is 2. The molecule has 2 saturated heterocycles. The van der Waals surface area contributed by atoms with Crippen molar-refractivity contribution in [3.63, 3.8) is 0 Å². The molecule has 0 saturated carbocycles. The number of anilines is 1. The Morgan fingerprint density at radius 2 is 2.03 bits per heavy atom. The first-order valence-electron chi connectivity index (χ1n) is 10.6. The van der Waals surface area contributed by atoms with Gasteiger partial charge in [0.2, 0.25) is 5.91 Å². The monoisotopic (exact) mass is 415 g/mol. The second kappa shape index (κ2) is 9.18. The average Bonchev–Trinajstić information content (AvgIpc) is 3.17. The molecule has 0 aliphatic carbocycles. The number of hydrogen-bond donors (Lipinski definition) is 0. The van der Waals surface area contributed by atoms with Gasteiger partial charge in [-0.1, -0.05) is 17.7 Å². The SMILES string of the molecule is Cn1cc(CCC(=O)N2CCC[C@@H](N3CCN(c4cccc(Cl)c4)CC3)C2)cn1. The zero-order chi connectivity index (χ0) is 20.2. The Bertz CT molecular complexity index is 830. The second-order valence-electron chi connectivity index (χ2n) is 8.16. The summed E-state index contributed by atoms with van der Waals surface area (Å²) in [6.07, 6.45) is 7.46. The third-order valence-electron chi connectivity index (χ3n) is 6.14. The van der Waals surface area contributed by atoms with Gasteiger partial charge in [0, 0.05) is 75.7 Å². The van der Waals surface area contributed by atoms with Crippen molar-refractivity contribution < 1.29 is 4.79 Å². The molecule has 0 N–H and O–H groups in total. The molecule has 3 heterocycles. The van der Waals surface area contributed by atoms with Crippen LogP contribution in [0.25, 0.3) is 0 Å². The molecule has 2 aliphatic rings. The molecule has 1 atom stereocenters. The Balaban J connectivity index is 1.27. The van der Waals surface area contributed by atoms with E-state index in [1.165, 1.54) is 12.1 Å². The Hall–Kier alpha value is -2.05. The molecule has 0 spiro atoms. The summed E-state index contributed by atoms with van der Waals surface area (Å²) in [6.45, 7) is 5.84. The highest BCUT2D eigenvalue weighted by atomic mass is 35.5. The highest BCUT2D eigenvalue weighted by Crippen LogP contribution is 2.23. The third-order valence-corrected chi connectivity index (χ3v) is 6.37. The maximum atomic E-state index is 12.7. The minimum absolute atomic E-state index is 0.274. The maximum Gasteiger partial charge on any atom is 0.222 e. The van der Waals surface area contributed by atoms with E-state index in [1.807, 2.05) is 37.6 Å². The van der Waals surface area contributed by atoms with Crippen molar-refractivity contribution in [1.29, 1.82) is 0 Å². The standard InChI is InChI=1S/C22H30ClN5O/c1-25-16-18(15-24-25)7-8-22(29)28-9-3-6-21(17-28)27-12-10-26(11-13-27)20-5-2-4-19(23)14-20/h2,4-5,14-16,21H,3,6-13,17H2,1H3/t21-/m1/s1. The fourth-order valence-electron chi connectivity index (χ4n) is 4.51. The van der Waals surface area contributed by atoms with Gasteiger partial charge in [-0.3, -0.25) is 14.4 Å². The molecule has 7 heteroatoms. The number of rotatable bonds is 5. The summed E-state index contributed by atoms with van der Waals surface area (Å²) in [7, 11) is 1.91. The zero-order valence-electron chi connectivity index (χ0n) is 17.1. The normalized spacial score (nSPS) is 20.8. The van der Waals surface area contributed by atoms with E-state index in [1.54, 1.807) is 4.68 Å². The van der Waals surface area contributed by atoms with Crippen LogP contribution in [0.3, 0.4) is 0 Å². The first kappa shape index (κ1) is 20.2. The van der Waals surface area contributed by atoms with Gasteiger partial charge in [0.05, 0.1) is 6.20 Å². The van der Waals surface area contributed by atoms with E-state index in [9.17, 15) is 4.79 Å². The molecule has 0 unspecified atom stereocenters. The molecule has 1 amide bonds. The lowest BCUT2D eigenvalue weighted by Gasteiger charge is -2.44. The van der Waals surface area contributed by atoms with Crippen molar-refractivity contribution in [2.75, 3.05) is 44.2 Å². The van der Waals surface area contributed by atoms with Gasteiger partial charge >= 0.3 is 0 Å². The van der Waals surface area contributed by atoms with Crippen LogP contribution < -0.4 is 4.90 Å². The van der Waals surface area contributed by atoms with Crippen LogP contribution >= 0.6 is 11.6 Å². The van der Waals surface area contributed by atoms with Crippen LogP contribution in [0, 0.1) is 0 Å². The number of carbonyl (C=O) groups excluding carboxylic acids is 1. The summed E-state index contributed by atoms with van der Waals surface area (Å²) >= 11 is 6.15. The number of benzene rings is 1. The number of piperidine rings is 1. The molecule has 1 aromatic heterocycles. The van der Waals surface area contributed by atoms with Crippen molar-refractivity contribution in [3.8, 4) is 0 Å². The van der Waals surface area contributed by atoms with Crippen LogP contribution in [0.1, 0.15) is 24.8 Å². The Labute approximate surface area is 178 Å². The highest BCUT2D eigenvalue weighted by Gasteiger charge is 2.29. The van der Waals surface area contributed by atoms with Crippen LogP contribution in [0.4, 0.5) is 5.69 Å². The van der Waals surface area contributed by atoms with Crippen LogP contribution in [-0.4, -0.2) is 70.8 Å². The number of aryl methyl sites for hydroxylation is 2. The Morgan fingerprint density at radius 3 is 2.76 bits per heavy atom. The molecule has 0 bridgehead atoms. The van der Waals surface area contributed by atoms with Gasteiger partial charge < -0.3 is 9.80 Å². The quantitative estimate of drug-likeness (QED) is 0.753. The van der Waals surface area contributed by atoms with E-state index in [0.29, 0.717) is 12.5 Å². The molecule has 6 nitrogen and oxygen atoms in total. The van der Waals surface area contributed by atoms with Gasteiger partial charge in [0.25, 0.3) is 0 Å². The largest absolute Gasteiger partial charge is 0.369 e. The predicted molar refractivity (Wildman–Crippen MR) is 116 cm³/mol. The molecule has 156 valence electrons. The highest BCUT2D eigenvalue weighted by molar-refractivity contribution is 6.30. The molecule has 2 aliphatic heterocycles. The van der Waals surface area contributed by atoms with E-state index in [0.717, 1.165) is 62.7 Å². The summed E-state index contributed by atoms with van der Waals surface area (Å²) in [4.78, 5) is 19.8. The molecule has 4 rings (SSSR count). The van der Waals surface area contributed by atoms with Gasteiger partial charge in [0.15, 0.2) is 0 Å². The third kappa shape index (κ3) is 5.11. The Morgan fingerprint density at radius 1 is 1.21 bits per heavy atom. The predicted octanol–water partition coefficient (Wildman–Crippen LogP) is 2.82. The number of carbonyl (C=O) groups is 1. The number of halogens is 1. The molecule has 2 fully saturated rings. The van der Waals surface area contributed by atoms with Crippen molar-refractivity contribution in [1.82, 2.24) is 19.6 Å². The number of hydrogen-bond acceptors (Lipinski definition) is 4. The molecular formula is C22H30ClN5O. The first-order valence-corrected chi connectivity index (χ1v) is 11.0. The van der Waals surface area contributed by atoms with E-state index in [2.05, 4.69) is 25.9 Å². The fourth-order valence-corrected chi connectivity index (χ4v) is 4.69. The smallest absolute Gasteiger partial charge is 0.222 e. The number of nitrogens with zero attached hydrogens (tertiary/aromatic N) is 5. The first-order chi connectivity index (χ1) is 14.1. The summed E-state index contributed by atoms with van der Waals surface area (Å²) in [5.41, 5.74) is 2.33. The molecule has 0 radical (unpaired) electrons. The van der Waals surface area contributed by atoms with E-state index < -0.39 is 0 Å². The van der Waals surface area contributed by atoms with Crippen LogP contribution in [-0.2, 0) is 18.3 Å². The van der Waals surface area contributed by atoms with Gasteiger partial charge in [-0.15, -0.1) is 0 Å². The van der Waals surface area contributed by atoms with Crippen LogP contribution in [0.2, 0.25) is 5.02 Å². The molecule has 1 aromatic carbocycles. The zero-order valence-corrected chi connectivity index (χ0v) is 17.9. The van der Waals surface area contributed by atoms with Crippen molar-refractivity contribution in [2.45, 2.75) is 31.7 Å². The van der Waals surface area contributed by atoms with E-state index in [-0.39, 0.29) is 5.91 Å². The van der Waals surface area contributed by atoms with E-state index in [4.69, 9.17) is 11.6 Å². The molecular weight excluding hydrogens is 386 g/mol. The number of likely N-dealkylation sites (tertiary alicyclic amines) is 1. The van der Waals surface area contributed by atoms with Crippen LogP contribution in [0.15, 0.2) is 36.7 Å². The average molecular weight is 416 g/mol. The summed E-state index contributed by atoms with van der Waals surface area (Å²) in [5, 5.41) is 4.98. The van der Waals surface area contributed by atoms with Crippen LogP contribution in [0.5, 0.6) is 0 Å². The lowest BCUT2D eigenvalue weighted by atomic mass is 10.0. The lowest BCUT2D eigenvalue weighted by Crippen LogP contribution is -2.55. The van der Waals surface area contributed by atoms with Gasteiger partial charge in [0.1, 0.15) is 0 Å². The number of amides is 1. The minimum Gasteiger partial charge on any atom is -0.369 e. The van der Waals surface area contributed by atoms with Gasteiger partial charge in [-0.25, -0.2) is 0 Å². The van der Waals surface area contributed by atoms with Crippen molar-refractivity contribution in [3.05, 3.63) is 47.2 Å². The fraction of sp³-hybridized carbons (Fsp3) is 0.545. The van der Waals surface area contributed by atoms with Gasteiger partial charge in [-0.2, -0.15) is 5.10 Å². The van der Waals surface area contributed by atoms with Gasteiger partial charge in [-0.05, 0) is 43.0 Å². The molecule has 29 heavy (non-hydrogen) atoms. The second-order valence-corrected chi connectivity index (χ2v) is 8.60. The van der Waals surface area contributed by atoms with E-state index >= 15 is 0 Å². The summed E-state index contributed by atoms with van der Waals surface area (Å²) in [5.74, 6) is 0.274. The molecule has 2 aromatic rings.